The molecule has 0 fully saturated rings. The van der Waals surface area contributed by atoms with Crippen molar-refractivity contribution in [3.8, 4) is 0 Å². The van der Waals surface area contributed by atoms with Crippen LogP contribution in [0.3, 0.4) is 0 Å². The monoisotopic (exact) mass is 1050 g/mol. The molecule has 0 aliphatic heterocycles. The number of quaternary nitrogens is 1. The summed E-state index contributed by atoms with van der Waals surface area (Å²) in [6.07, 6.45) is 73.4. The average molecular weight is 1050 g/mol. The Labute approximate surface area is 454 Å². The second-order valence-electron chi connectivity index (χ2n) is 22.4. The standard InChI is InChI=1S/C64H122NO7P/c1-6-8-10-12-14-16-18-20-22-24-26-28-30-32-34-36-38-40-42-44-46-48-50-52-54-56-59-69-61-63(62-71-73(67,68)70-60-58-65(3,4)5)72-64(66)57-55-53-51-49-47-45-43-41-39-37-35-33-31-29-27-25-23-21-19-17-15-13-11-9-7-2/h9,11,15,17,21,23,27,29,63H,6-8,10,12-14,16,18-20,22,24-26,28,30-62H2,1-5H3/p+1/b11-9-,17-15-,23-21-,29-27-. The van der Waals surface area contributed by atoms with Gasteiger partial charge in [-0.05, 0) is 51.4 Å². The Hall–Kier alpha value is -1.54. The van der Waals surface area contributed by atoms with Gasteiger partial charge in [0.15, 0.2) is 0 Å². The van der Waals surface area contributed by atoms with Gasteiger partial charge in [0.25, 0.3) is 0 Å². The van der Waals surface area contributed by atoms with Gasteiger partial charge in [0.2, 0.25) is 0 Å². The summed E-state index contributed by atoms with van der Waals surface area (Å²) in [5.74, 6) is -0.311. The van der Waals surface area contributed by atoms with Crippen molar-refractivity contribution in [2.24, 2.45) is 0 Å². The smallest absolute Gasteiger partial charge is 0.457 e. The number of esters is 1. The van der Waals surface area contributed by atoms with E-state index < -0.39 is 13.9 Å². The number of carbonyl (C=O) groups is 1. The minimum atomic E-state index is -4.29. The van der Waals surface area contributed by atoms with Crippen LogP contribution in [-0.4, -0.2) is 75.6 Å². The third-order valence-electron chi connectivity index (χ3n) is 13.9. The molecule has 0 aliphatic carbocycles. The van der Waals surface area contributed by atoms with E-state index in [2.05, 4.69) is 62.5 Å². The molecule has 430 valence electrons. The molecule has 0 bridgehead atoms. The fraction of sp³-hybridized carbons (Fsp3) is 0.859. The lowest BCUT2D eigenvalue weighted by atomic mass is 10.0. The summed E-state index contributed by atoms with van der Waals surface area (Å²) in [6, 6.07) is 0. The molecule has 0 aromatic heterocycles. The van der Waals surface area contributed by atoms with Crippen LogP contribution in [0, 0.1) is 0 Å². The molecule has 0 spiro atoms. The molecule has 2 atom stereocenters. The lowest BCUT2D eigenvalue weighted by Crippen LogP contribution is -2.37. The van der Waals surface area contributed by atoms with E-state index in [4.69, 9.17) is 18.5 Å². The summed E-state index contributed by atoms with van der Waals surface area (Å²) in [5, 5.41) is 0. The zero-order valence-electron chi connectivity index (χ0n) is 49.1. The fourth-order valence-electron chi connectivity index (χ4n) is 9.14. The maximum Gasteiger partial charge on any atom is 0.472 e. The first-order valence-electron chi connectivity index (χ1n) is 31.4. The first-order chi connectivity index (χ1) is 35.6. The van der Waals surface area contributed by atoms with Crippen LogP contribution in [0.2, 0.25) is 0 Å². The minimum absolute atomic E-state index is 0.0893. The molecular formula is C64H123NO7P+. The molecule has 0 amide bonds. The molecule has 0 radical (unpaired) electrons. The number of phosphoric ester groups is 1. The molecule has 0 rings (SSSR count). The Morgan fingerprint density at radius 1 is 0.438 bits per heavy atom. The van der Waals surface area contributed by atoms with E-state index in [1.165, 1.54) is 218 Å². The maximum atomic E-state index is 12.8. The lowest BCUT2D eigenvalue weighted by Gasteiger charge is -2.24. The zero-order chi connectivity index (χ0) is 53.3. The number of likely N-dealkylation sites (N-methyl/N-ethyl adjacent to an activating group) is 1. The van der Waals surface area contributed by atoms with Crippen molar-refractivity contribution in [2.75, 3.05) is 54.1 Å². The van der Waals surface area contributed by atoms with Crippen LogP contribution < -0.4 is 0 Å². The van der Waals surface area contributed by atoms with Crippen molar-refractivity contribution in [1.82, 2.24) is 0 Å². The highest BCUT2D eigenvalue weighted by molar-refractivity contribution is 7.47. The Balaban J connectivity index is 3.99. The van der Waals surface area contributed by atoms with E-state index in [1.807, 2.05) is 21.1 Å². The highest BCUT2D eigenvalue weighted by atomic mass is 31.2. The third kappa shape index (κ3) is 61.2. The number of ether oxygens (including phenoxy) is 2. The Kier molecular flexibility index (Phi) is 55.5. The quantitative estimate of drug-likeness (QED) is 0.0213. The highest BCUT2D eigenvalue weighted by Crippen LogP contribution is 2.43. The molecule has 8 nitrogen and oxygen atoms in total. The van der Waals surface area contributed by atoms with Gasteiger partial charge in [0, 0.05) is 13.0 Å². The van der Waals surface area contributed by atoms with E-state index in [9.17, 15) is 14.3 Å². The van der Waals surface area contributed by atoms with E-state index >= 15 is 0 Å². The second-order valence-corrected chi connectivity index (χ2v) is 23.9. The predicted octanol–water partition coefficient (Wildman–Crippen LogP) is 20.2. The zero-order valence-corrected chi connectivity index (χ0v) is 50.0. The molecule has 0 aliphatic rings. The van der Waals surface area contributed by atoms with Crippen LogP contribution in [-0.2, 0) is 27.9 Å². The fourth-order valence-corrected chi connectivity index (χ4v) is 9.88. The van der Waals surface area contributed by atoms with Gasteiger partial charge in [0.05, 0.1) is 34.4 Å². The number of carbonyl (C=O) groups excluding carboxylic acids is 1. The Morgan fingerprint density at radius 2 is 0.795 bits per heavy atom. The summed E-state index contributed by atoms with van der Waals surface area (Å²) < 4.78 is 35.4. The molecule has 0 aromatic rings. The van der Waals surface area contributed by atoms with Crippen LogP contribution in [0.1, 0.15) is 296 Å². The first kappa shape index (κ1) is 71.5. The van der Waals surface area contributed by atoms with E-state index in [0.29, 0.717) is 24.1 Å². The van der Waals surface area contributed by atoms with Crippen molar-refractivity contribution in [3.05, 3.63) is 48.6 Å². The Bertz CT molecular complexity index is 1310. The normalized spacial score (nSPS) is 13.7. The van der Waals surface area contributed by atoms with Gasteiger partial charge in [-0.15, -0.1) is 0 Å². The van der Waals surface area contributed by atoms with Crippen molar-refractivity contribution in [1.29, 1.82) is 0 Å². The first-order valence-corrected chi connectivity index (χ1v) is 32.9. The van der Waals surface area contributed by atoms with Gasteiger partial charge in [-0.2, -0.15) is 0 Å². The van der Waals surface area contributed by atoms with Crippen LogP contribution in [0.15, 0.2) is 48.6 Å². The van der Waals surface area contributed by atoms with Gasteiger partial charge >= 0.3 is 13.8 Å². The van der Waals surface area contributed by atoms with Crippen molar-refractivity contribution < 1.29 is 37.3 Å². The molecule has 0 saturated carbocycles. The Morgan fingerprint density at radius 3 is 1.19 bits per heavy atom. The largest absolute Gasteiger partial charge is 0.472 e. The molecule has 1 N–H and O–H groups in total. The predicted molar refractivity (Wildman–Crippen MR) is 316 cm³/mol. The van der Waals surface area contributed by atoms with Crippen molar-refractivity contribution in [3.63, 3.8) is 0 Å². The van der Waals surface area contributed by atoms with Crippen LogP contribution >= 0.6 is 7.82 Å². The molecule has 9 heteroatoms. The van der Waals surface area contributed by atoms with Crippen LogP contribution in [0.4, 0.5) is 0 Å². The molecule has 73 heavy (non-hydrogen) atoms. The number of phosphoric acid groups is 1. The van der Waals surface area contributed by atoms with Gasteiger partial charge in [-0.3, -0.25) is 13.8 Å². The minimum Gasteiger partial charge on any atom is -0.457 e. The van der Waals surface area contributed by atoms with Gasteiger partial charge in [-0.25, -0.2) is 4.57 Å². The molecule has 0 aromatic carbocycles. The van der Waals surface area contributed by atoms with Crippen molar-refractivity contribution in [2.45, 2.75) is 302 Å². The van der Waals surface area contributed by atoms with Crippen LogP contribution in [0.25, 0.3) is 0 Å². The molecule has 0 saturated heterocycles. The molecule has 2 unspecified atom stereocenters. The average Bonchev–Trinajstić information content (AvgIpc) is 3.35. The summed E-state index contributed by atoms with van der Waals surface area (Å²) in [4.78, 5) is 23.1. The number of hydrogen-bond acceptors (Lipinski definition) is 6. The maximum absolute atomic E-state index is 12.8. The van der Waals surface area contributed by atoms with Gasteiger partial charge < -0.3 is 18.9 Å². The van der Waals surface area contributed by atoms with Gasteiger partial charge in [-0.1, -0.05) is 287 Å². The number of nitrogens with zero attached hydrogens (tertiary/aromatic N) is 1. The number of unbranched alkanes of at least 4 members (excludes halogenated alkanes) is 37. The molecular weight excluding hydrogens is 926 g/mol. The van der Waals surface area contributed by atoms with Crippen molar-refractivity contribution >= 4 is 13.8 Å². The third-order valence-corrected chi connectivity index (χ3v) is 14.9. The van der Waals surface area contributed by atoms with E-state index in [-0.39, 0.29) is 25.8 Å². The summed E-state index contributed by atoms with van der Waals surface area (Å²) in [6.45, 7) is 5.57. The lowest BCUT2D eigenvalue weighted by molar-refractivity contribution is -0.870. The summed E-state index contributed by atoms with van der Waals surface area (Å²) in [5.41, 5.74) is 0. The van der Waals surface area contributed by atoms with Gasteiger partial charge in [0.1, 0.15) is 19.3 Å². The van der Waals surface area contributed by atoms with E-state index in [0.717, 1.165) is 57.8 Å². The van der Waals surface area contributed by atoms with E-state index in [1.54, 1.807) is 0 Å². The number of hydrogen-bond donors (Lipinski definition) is 1. The number of allylic oxidation sites excluding steroid dienone is 8. The number of rotatable bonds is 59. The summed E-state index contributed by atoms with van der Waals surface area (Å²) in [7, 11) is 1.68. The molecule has 0 heterocycles. The van der Waals surface area contributed by atoms with Crippen LogP contribution in [0.5, 0.6) is 0 Å². The topological polar surface area (TPSA) is 91.3 Å². The SMILES string of the molecule is CC/C=C\C/C=C\C/C=C\C/C=C\CCCCCCCCCCCCCCC(=O)OC(COCCCCCCCCCCCCCCCCCCCCCCCCCCCC)COP(=O)(O)OCC[N+](C)(C)C. The second kappa shape index (κ2) is 56.7. The highest BCUT2D eigenvalue weighted by Gasteiger charge is 2.26. The summed E-state index contributed by atoms with van der Waals surface area (Å²) >= 11 is 0.